The molecule has 0 heterocycles. The van der Waals surface area contributed by atoms with E-state index in [1.807, 2.05) is 6.08 Å². The lowest BCUT2D eigenvalue weighted by Gasteiger charge is -2.40. The minimum absolute atomic E-state index is 0.0306. The quantitative estimate of drug-likeness (QED) is 0.554. The zero-order valence-corrected chi connectivity index (χ0v) is 14.1. The van der Waals surface area contributed by atoms with Crippen LogP contribution in [-0.2, 0) is 6.42 Å². The van der Waals surface area contributed by atoms with Gasteiger partial charge < -0.3 is 0 Å². The lowest BCUT2D eigenvalue weighted by molar-refractivity contribution is 0.235. The average molecular weight is 342 g/mol. The van der Waals surface area contributed by atoms with E-state index >= 15 is 4.39 Å². The molecule has 0 amide bonds. The van der Waals surface area contributed by atoms with Gasteiger partial charge in [0.05, 0.1) is 5.56 Å². The predicted octanol–water partition coefficient (Wildman–Crippen LogP) is 6.40. The molecule has 25 heavy (non-hydrogen) atoms. The Labute approximate surface area is 146 Å². The van der Waals surface area contributed by atoms with Crippen LogP contribution in [0, 0.1) is 29.3 Å². The fourth-order valence-corrected chi connectivity index (χ4v) is 4.72. The molecule has 4 rings (SSSR count). The first-order valence-corrected chi connectivity index (χ1v) is 8.97. The van der Waals surface area contributed by atoms with Crippen molar-refractivity contribution < 1.29 is 13.2 Å². The molecule has 1 fully saturated rings. The van der Waals surface area contributed by atoms with Crippen molar-refractivity contribution in [3.8, 4) is 11.1 Å². The van der Waals surface area contributed by atoms with Crippen LogP contribution >= 0.6 is 0 Å². The summed E-state index contributed by atoms with van der Waals surface area (Å²) in [6.07, 6.45) is 6.66. The lowest BCUT2D eigenvalue weighted by atomic mass is 9.65. The molecule has 2 aromatic rings. The van der Waals surface area contributed by atoms with E-state index in [4.69, 9.17) is 0 Å². The molecule has 0 saturated heterocycles. The number of fused-ring (bicyclic) bond motifs is 3. The van der Waals surface area contributed by atoms with Crippen molar-refractivity contribution in [1.29, 1.82) is 0 Å². The van der Waals surface area contributed by atoms with Gasteiger partial charge in [-0.3, -0.25) is 0 Å². The highest BCUT2D eigenvalue weighted by atomic mass is 19.1. The summed E-state index contributed by atoms with van der Waals surface area (Å²) >= 11 is 0. The van der Waals surface area contributed by atoms with Crippen molar-refractivity contribution in [2.75, 3.05) is 0 Å². The van der Waals surface area contributed by atoms with Crippen molar-refractivity contribution in [2.24, 2.45) is 11.8 Å². The highest BCUT2D eigenvalue weighted by Gasteiger charge is 2.36. The minimum Gasteiger partial charge on any atom is -0.207 e. The topological polar surface area (TPSA) is 0 Å². The van der Waals surface area contributed by atoms with E-state index in [0.29, 0.717) is 29.4 Å². The Morgan fingerprint density at radius 3 is 2.48 bits per heavy atom. The van der Waals surface area contributed by atoms with Gasteiger partial charge in [0, 0.05) is 0 Å². The van der Waals surface area contributed by atoms with Gasteiger partial charge in [-0.15, -0.1) is 6.58 Å². The SMILES string of the molecule is C=CC1CCC2c3cc(F)c(-c4ccc(F)cc4)c(F)c3CCC2C1. The number of allylic oxidation sites excluding steroid dienone is 1. The standard InChI is InChI=1S/C22H21F3/c1-2-13-3-9-17-15(11-13)6-10-18-19(17)12-20(24)21(22(18)25)14-4-7-16(23)8-5-14/h2,4-5,7-8,12-13,15,17H,1,3,6,9-11H2. The van der Waals surface area contributed by atoms with Gasteiger partial charge in [-0.2, -0.15) is 0 Å². The second-order valence-corrected chi connectivity index (χ2v) is 7.34. The molecule has 0 aliphatic heterocycles. The van der Waals surface area contributed by atoms with Gasteiger partial charge in [-0.05, 0) is 84.7 Å². The lowest BCUT2D eigenvalue weighted by Crippen LogP contribution is -2.28. The number of benzene rings is 2. The number of rotatable bonds is 2. The van der Waals surface area contributed by atoms with Crippen LogP contribution in [0.15, 0.2) is 43.0 Å². The molecular formula is C22H21F3. The zero-order valence-electron chi connectivity index (χ0n) is 14.1. The highest BCUT2D eigenvalue weighted by molar-refractivity contribution is 5.67. The van der Waals surface area contributed by atoms with E-state index in [0.717, 1.165) is 31.2 Å². The summed E-state index contributed by atoms with van der Waals surface area (Å²) in [7, 11) is 0. The van der Waals surface area contributed by atoms with Crippen LogP contribution in [0.5, 0.6) is 0 Å². The molecule has 2 aliphatic carbocycles. The van der Waals surface area contributed by atoms with Gasteiger partial charge in [0.2, 0.25) is 0 Å². The average Bonchev–Trinajstić information content (AvgIpc) is 2.62. The Morgan fingerprint density at radius 2 is 1.76 bits per heavy atom. The van der Waals surface area contributed by atoms with Crippen LogP contribution in [0.3, 0.4) is 0 Å². The first kappa shape index (κ1) is 16.4. The summed E-state index contributed by atoms with van der Waals surface area (Å²) in [6.45, 7) is 3.90. The Morgan fingerprint density at radius 1 is 1.00 bits per heavy atom. The monoisotopic (exact) mass is 342 g/mol. The van der Waals surface area contributed by atoms with Gasteiger partial charge in [0.15, 0.2) is 0 Å². The van der Waals surface area contributed by atoms with E-state index in [-0.39, 0.29) is 11.5 Å². The fraction of sp³-hybridized carbons (Fsp3) is 0.364. The van der Waals surface area contributed by atoms with Crippen LogP contribution < -0.4 is 0 Å². The summed E-state index contributed by atoms with van der Waals surface area (Å²) < 4.78 is 43.1. The van der Waals surface area contributed by atoms with Crippen LogP contribution in [0.1, 0.15) is 42.7 Å². The van der Waals surface area contributed by atoms with Crippen molar-refractivity contribution in [3.05, 3.63) is 71.6 Å². The Bertz CT molecular complexity index is 807. The van der Waals surface area contributed by atoms with Crippen molar-refractivity contribution in [1.82, 2.24) is 0 Å². The minimum atomic E-state index is -0.547. The maximum absolute atomic E-state index is 15.2. The number of hydrogen-bond donors (Lipinski definition) is 0. The van der Waals surface area contributed by atoms with Gasteiger partial charge in [-0.25, -0.2) is 13.2 Å². The molecule has 0 nitrogen and oxygen atoms in total. The van der Waals surface area contributed by atoms with E-state index in [9.17, 15) is 8.78 Å². The van der Waals surface area contributed by atoms with Gasteiger partial charge in [0.25, 0.3) is 0 Å². The Balaban J connectivity index is 1.76. The molecule has 3 atom stereocenters. The third kappa shape index (κ3) is 2.80. The van der Waals surface area contributed by atoms with Gasteiger partial charge in [0.1, 0.15) is 17.5 Å². The van der Waals surface area contributed by atoms with Crippen LogP contribution in [0.2, 0.25) is 0 Å². The molecule has 130 valence electrons. The van der Waals surface area contributed by atoms with Gasteiger partial charge in [-0.1, -0.05) is 18.2 Å². The molecule has 2 aliphatic rings. The molecular weight excluding hydrogens is 321 g/mol. The van der Waals surface area contributed by atoms with Crippen molar-refractivity contribution >= 4 is 0 Å². The molecule has 0 bridgehead atoms. The molecule has 0 N–H and O–H groups in total. The molecule has 1 saturated carbocycles. The van der Waals surface area contributed by atoms with Crippen LogP contribution in [0.25, 0.3) is 11.1 Å². The summed E-state index contributed by atoms with van der Waals surface area (Å²) in [5.41, 5.74) is 1.85. The first-order chi connectivity index (χ1) is 12.1. The van der Waals surface area contributed by atoms with E-state index in [2.05, 4.69) is 6.58 Å². The molecule has 3 heteroatoms. The molecule has 0 aromatic heterocycles. The fourth-order valence-electron chi connectivity index (χ4n) is 4.72. The van der Waals surface area contributed by atoms with Crippen molar-refractivity contribution in [3.63, 3.8) is 0 Å². The maximum atomic E-state index is 15.2. The number of hydrogen-bond acceptors (Lipinski definition) is 0. The van der Waals surface area contributed by atoms with E-state index in [1.54, 1.807) is 0 Å². The first-order valence-electron chi connectivity index (χ1n) is 8.97. The molecule has 2 aromatic carbocycles. The summed E-state index contributed by atoms with van der Waals surface area (Å²) in [6, 6.07) is 6.87. The second kappa shape index (κ2) is 6.36. The summed E-state index contributed by atoms with van der Waals surface area (Å²) in [4.78, 5) is 0. The van der Waals surface area contributed by atoms with E-state index in [1.165, 1.54) is 30.3 Å². The predicted molar refractivity (Wildman–Crippen MR) is 93.8 cm³/mol. The summed E-state index contributed by atoms with van der Waals surface area (Å²) in [5.74, 6) is -0.175. The van der Waals surface area contributed by atoms with Crippen LogP contribution in [-0.4, -0.2) is 0 Å². The Kier molecular flexibility index (Phi) is 4.18. The maximum Gasteiger partial charge on any atom is 0.137 e. The molecule has 3 unspecified atom stereocenters. The number of halogens is 3. The third-order valence-corrected chi connectivity index (χ3v) is 6.01. The second-order valence-electron chi connectivity index (χ2n) is 7.34. The largest absolute Gasteiger partial charge is 0.207 e. The van der Waals surface area contributed by atoms with Gasteiger partial charge >= 0.3 is 0 Å². The zero-order chi connectivity index (χ0) is 17.6. The highest BCUT2D eigenvalue weighted by Crippen LogP contribution is 2.49. The van der Waals surface area contributed by atoms with Crippen molar-refractivity contribution in [2.45, 2.75) is 38.0 Å². The molecule has 0 radical (unpaired) electrons. The smallest absolute Gasteiger partial charge is 0.137 e. The molecule has 0 spiro atoms. The van der Waals surface area contributed by atoms with Crippen LogP contribution in [0.4, 0.5) is 13.2 Å². The normalized spacial score (nSPS) is 25.2. The van der Waals surface area contributed by atoms with E-state index < -0.39 is 17.5 Å². The Hall–Kier alpha value is -2.03. The summed E-state index contributed by atoms with van der Waals surface area (Å²) in [5, 5.41) is 0. The third-order valence-electron chi connectivity index (χ3n) is 6.01.